The van der Waals surface area contributed by atoms with E-state index in [1.807, 2.05) is 32.0 Å². The summed E-state index contributed by atoms with van der Waals surface area (Å²) >= 11 is 5.85. The first kappa shape index (κ1) is 13.4. The van der Waals surface area contributed by atoms with Gasteiger partial charge in [0, 0.05) is 11.3 Å². The summed E-state index contributed by atoms with van der Waals surface area (Å²) in [6.45, 7) is 3.83. The van der Waals surface area contributed by atoms with Gasteiger partial charge in [0.25, 0.3) is 5.91 Å². The average molecular weight is 275 g/mol. The topological polar surface area (TPSA) is 55.1 Å². The van der Waals surface area contributed by atoms with Gasteiger partial charge in [0.15, 0.2) is 0 Å². The first-order chi connectivity index (χ1) is 8.99. The summed E-state index contributed by atoms with van der Waals surface area (Å²) in [5.41, 5.74) is 9.37. The predicted octanol–water partition coefficient (Wildman–Crippen LogP) is 3.79. The molecule has 0 aliphatic rings. The molecular weight excluding hydrogens is 260 g/mol. The van der Waals surface area contributed by atoms with Crippen LogP contribution >= 0.6 is 11.6 Å². The molecule has 1 amide bonds. The third-order valence-electron chi connectivity index (χ3n) is 2.96. The van der Waals surface area contributed by atoms with Crippen LogP contribution < -0.4 is 11.1 Å². The molecule has 2 aromatic rings. The lowest BCUT2D eigenvalue weighted by Crippen LogP contribution is -2.15. The first-order valence-electron chi connectivity index (χ1n) is 5.91. The monoisotopic (exact) mass is 274 g/mol. The maximum atomic E-state index is 12.3. The third-order valence-corrected chi connectivity index (χ3v) is 3.31. The van der Waals surface area contributed by atoms with E-state index in [1.165, 1.54) is 0 Å². The molecule has 0 spiro atoms. The number of carbonyl (C=O) groups is 1. The average Bonchev–Trinajstić information content (AvgIpc) is 2.33. The van der Waals surface area contributed by atoms with Crippen LogP contribution in [0.1, 0.15) is 21.5 Å². The number of hydrogen-bond donors (Lipinski definition) is 2. The smallest absolute Gasteiger partial charge is 0.256 e. The summed E-state index contributed by atoms with van der Waals surface area (Å²) in [6, 6.07) is 10.8. The number of benzene rings is 2. The molecule has 0 saturated heterocycles. The SMILES string of the molecule is Cc1cccc(C)c1C(=O)Nc1ccc(Cl)c(N)c1. The molecule has 0 aliphatic carbocycles. The number of anilines is 2. The number of rotatable bonds is 2. The van der Waals surface area contributed by atoms with Crippen molar-refractivity contribution in [2.75, 3.05) is 11.1 Å². The Morgan fingerprint density at radius 3 is 2.37 bits per heavy atom. The number of hydrogen-bond acceptors (Lipinski definition) is 2. The highest BCUT2D eigenvalue weighted by Gasteiger charge is 2.12. The summed E-state index contributed by atoms with van der Waals surface area (Å²) in [4.78, 5) is 12.3. The van der Waals surface area contributed by atoms with E-state index in [1.54, 1.807) is 18.2 Å². The standard InChI is InChI=1S/C15H15ClN2O/c1-9-4-3-5-10(2)14(9)15(19)18-11-6-7-12(16)13(17)8-11/h3-8H,17H2,1-2H3,(H,18,19). The second-order valence-corrected chi connectivity index (χ2v) is 4.86. The molecule has 0 aliphatic heterocycles. The minimum Gasteiger partial charge on any atom is -0.397 e. The molecule has 4 heteroatoms. The van der Waals surface area contributed by atoms with Gasteiger partial charge in [-0.15, -0.1) is 0 Å². The predicted molar refractivity (Wildman–Crippen MR) is 79.7 cm³/mol. The number of nitrogens with two attached hydrogens (primary N) is 1. The molecule has 2 aromatic carbocycles. The molecule has 0 radical (unpaired) electrons. The maximum absolute atomic E-state index is 12.3. The van der Waals surface area contributed by atoms with Gasteiger partial charge in [-0.2, -0.15) is 0 Å². The van der Waals surface area contributed by atoms with Crippen molar-refractivity contribution in [2.45, 2.75) is 13.8 Å². The lowest BCUT2D eigenvalue weighted by atomic mass is 10.0. The normalized spacial score (nSPS) is 10.3. The zero-order chi connectivity index (χ0) is 14.0. The minimum absolute atomic E-state index is 0.141. The molecule has 3 nitrogen and oxygen atoms in total. The van der Waals surface area contributed by atoms with Crippen molar-refractivity contribution >= 4 is 28.9 Å². The van der Waals surface area contributed by atoms with Gasteiger partial charge < -0.3 is 11.1 Å². The second-order valence-electron chi connectivity index (χ2n) is 4.46. The van der Waals surface area contributed by atoms with Crippen molar-refractivity contribution in [3.8, 4) is 0 Å². The molecule has 0 aromatic heterocycles. The highest BCUT2D eigenvalue weighted by molar-refractivity contribution is 6.33. The van der Waals surface area contributed by atoms with Gasteiger partial charge in [0.05, 0.1) is 10.7 Å². The highest BCUT2D eigenvalue weighted by atomic mass is 35.5. The molecule has 19 heavy (non-hydrogen) atoms. The number of halogens is 1. The van der Waals surface area contributed by atoms with Crippen LogP contribution in [0.4, 0.5) is 11.4 Å². The van der Waals surface area contributed by atoms with Crippen LogP contribution in [0.25, 0.3) is 0 Å². The van der Waals surface area contributed by atoms with Crippen LogP contribution in [0.2, 0.25) is 5.02 Å². The first-order valence-corrected chi connectivity index (χ1v) is 6.29. The van der Waals surface area contributed by atoms with Crippen molar-refractivity contribution in [1.29, 1.82) is 0 Å². The zero-order valence-corrected chi connectivity index (χ0v) is 11.6. The number of nitrogen functional groups attached to an aromatic ring is 1. The van der Waals surface area contributed by atoms with Gasteiger partial charge >= 0.3 is 0 Å². The van der Waals surface area contributed by atoms with Gasteiger partial charge in [0.1, 0.15) is 0 Å². The van der Waals surface area contributed by atoms with Gasteiger partial charge in [-0.05, 0) is 43.2 Å². The zero-order valence-electron chi connectivity index (χ0n) is 10.8. The van der Waals surface area contributed by atoms with E-state index >= 15 is 0 Å². The van der Waals surface area contributed by atoms with E-state index < -0.39 is 0 Å². The van der Waals surface area contributed by atoms with Crippen LogP contribution in [0.3, 0.4) is 0 Å². The fourth-order valence-electron chi connectivity index (χ4n) is 1.99. The van der Waals surface area contributed by atoms with Gasteiger partial charge in [-0.3, -0.25) is 4.79 Å². The van der Waals surface area contributed by atoms with Crippen molar-refractivity contribution in [2.24, 2.45) is 0 Å². The molecule has 0 saturated carbocycles. The summed E-state index contributed by atoms with van der Waals surface area (Å²) in [6.07, 6.45) is 0. The second kappa shape index (κ2) is 5.33. The molecule has 98 valence electrons. The van der Waals surface area contributed by atoms with Crippen LogP contribution in [-0.4, -0.2) is 5.91 Å². The van der Waals surface area contributed by atoms with Gasteiger partial charge in [0.2, 0.25) is 0 Å². The molecule has 0 unspecified atom stereocenters. The molecule has 2 rings (SSSR count). The van der Waals surface area contributed by atoms with Crippen LogP contribution in [-0.2, 0) is 0 Å². The summed E-state index contributed by atoms with van der Waals surface area (Å²) < 4.78 is 0. The fraction of sp³-hybridized carbons (Fsp3) is 0.133. The molecule has 0 heterocycles. The summed E-state index contributed by atoms with van der Waals surface area (Å²) in [5.74, 6) is -0.141. The van der Waals surface area contributed by atoms with Crippen molar-refractivity contribution in [3.63, 3.8) is 0 Å². The molecule has 0 fully saturated rings. The number of amides is 1. The van der Waals surface area contributed by atoms with Crippen LogP contribution in [0, 0.1) is 13.8 Å². The molecule has 0 bridgehead atoms. The molecule has 3 N–H and O–H groups in total. The Morgan fingerprint density at radius 2 is 1.79 bits per heavy atom. The largest absolute Gasteiger partial charge is 0.397 e. The van der Waals surface area contributed by atoms with Crippen LogP contribution in [0.15, 0.2) is 36.4 Å². The summed E-state index contributed by atoms with van der Waals surface area (Å²) in [5, 5.41) is 3.31. The van der Waals surface area contributed by atoms with E-state index in [9.17, 15) is 4.79 Å². The Hall–Kier alpha value is -2.00. The quantitative estimate of drug-likeness (QED) is 0.819. The minimum atomic E-state index is -0.141. The van der Waals surface area contributed by atoms with E-state index in [0.29, 0.717) is 22.0 Å². The van der Waals surface area contributed by atoms with Crippen molar-refractivity contribution in [1.82, 2.24) is 0 Å². The lowest BCUT2D eigenvalue weighted by Gasteiger charge is -2.11. The summed E-state index contributed by atoms with van der Waals surface area (Å²) in [7, 11) is 0. The Bertz CT molecular complexity index is 618. The Morgan fingerprint density at radius 1 is 1.16 bits per heavy atom. The van der Waals surface area contributed by atoms with E-state index in [0.717, 1.165) is 11.1 Å². The third kappa shape index (κ3) is 2.88. The number of carbonyl (C=O) groups excluding carboxylic acids is 1. The van der Waals surface area contributed by atoms with Crippen molar-refractivity contribution < 1.29 is 4.79 Å². The Balaban J connectivity index is 2.28. The van der Waals surface area contributed by atoms with Crippen molar-refractivity contribution in [3.05, 3.63) is 58.1 Å². The van der Waals surface area contributed by atoms with Crippen LogP contribution in [0.5, 0.6) is 0 Å². The number of nitrogens with one attached hydrogen (secondary N) is 1. The van der Waals surface area contributed by atoms with E-state index in [-0.39, 0.29) is 5.91 Å². The van der Waals surface area contributed by atoms with E-state index in [2.05, 4.69) is 5.32 Å². The Kier molecular flexibility index (Phi) is 3.76. The number of aryl methyl sites for hydroxylation is 2. The fourth-order valence-corrected chi connectivity index (χ4v) is 2.11. The Labute approximate surface area is 117 Å². The van der Waals surface area contributed by atoms with Gasteiger partial charge in [-0.1, -0.05) is 29.8 Å². The highest BCUT2D eigenvalue weighted by Crippen LogP contribution is 2.23. The molecule has 0 atom stereocenters. The van der Waals surface area contributed by atoms with Gasteiger partial charge in [-0.25, -0.2) is 0 Å². The van der Waals surface area contributed by atoms with E-state index in [4.69, 9.17) is 17.3 Å². The maximum Gasteiger partial charge on any atom is 0.256 e. The lowest BCUT2D eigenvalue weighted by molar-refractivity contribution is 0.102. The molecular formula is C15H15ClN2O.